The SMILES string of the molecule is CC/C=C\C/C=C\C/C=C\CCCCCC(=O)OC(COCCCCCCCCCCCC/C=C\C/C=C\CCCCC)COC(=O)CCCCCCC/C=C\C/C=C\CCCCC. The van der Waals surface area contributed by atoms with Crippen LogP contribution in [0.2, 0.25) is 0 Å². The van der Waals surface area contributed by atoms with E-state index < -0.39 is 6.10 Å². The molecule has 0 aliphatic rings. The molecule has 0 aromatic heterocycles. The Hall–Kier alpha value is -2.92. The summed E-state index contributed by atoms with van der Waals surface area (Å²) in [5.41, 5.74) is 0. The van der Waals surface area contributed by atoms with Gasteiger partial charge in [0.2, 0.25) is 0 Å². The fourth-order valence-electron chi connectivity index (χ4n) is 7.35. The number of carbonyl (C=O) groups excluding carboxylic acids is 2. The molecular formula is C59H102O5. The lowest BCUT2D eigenvalue weighted by molar-refractivity contribution is -0.163. The minimum atomic E-state index is -0.562. The number of ether oxygens (including phenoxy) is 3. The number of hydrogen-bond acceptors (Lipinski definition) is 5. The van der Waals surface area contributed by atoms with Crippen molar-refractivity contribution in [1.82, 2.24) is 0 Å². The largest absolute Gasteiger partial charge is 0.462 e. The maximum absolute atomic E-state index is 12.8. The van der Waals surface area contributed by atoms with Crippen molar-refractivity contribution < 1.29 is 23.8 Å². The fourth-order valence-corrected chi connectivity index (χ4v) is 7.35. The Morgan fingerprint density at radius 1 is 0.359 bits per heavy atom. The molecule has 1 atom stereocenters. The summed E-state index contributed by atoms with van der Waals surface area (Å²) in [6.07, 6.45) is 71.7. The van der Waals surface area contributed by atoms with E-state index in [1.165, 1.54) is 122 Å². The Kier molecular flexibility index (Phi) is 51.9. The maximum Gasteiger partial charge on any atom is 0.306 e. The molecule has 5 nitrogen and oxygen atoms in total. The summed E-state index contributed by atoms with van der Waals surface area (Å²) in [5, 5.41) is 0. The van der Waals surface area contributed by atoms with Gasteiger partial charge in [0.15, 0.2) is 6.10 Å². The summed E-state index contributed by atoms with van der Waals surface area (Å²) in [6, 6.07) is 0. The standard InChI is InChI=1S/C59H102O5/c1-4-7-10-13-16-19-22-25-27-28-29-30-31-33-36-39-42-45-48-51-54-62-55-57(64-59(61)53-50-47-44-41-38-34-24-21-18-15-12-9-6-3)56-63-58(60)52-49-46-43-40-37-35-32-26-23-20-17-14-11-8-5-2/h9,12,16-21,25-27,32,34,38,57H,4-8,10-11,13-15,22-24,28-31,33,35-37,39-56H2,1-3H3/b12-9-,19-16-,20-17-,21-18-,27-25-,32-26-,38-34-. The highest BCUT2D eigenvalue weighted by atomic mass is 16.6. The van der Waals surface area contributed by atoms with Crippen LogP contribution in [0.4, 0.5) is 0 Å². The van der Waals surface area contributed by atoms with E-state index in [1.54, 1.807) is 0 Å². The zero-order valence-electron chi connectivity index (χ0n) is 42.3. The molecule has 0 saturated carbocycles. The number of unbranched alkanes of at least 4 members (excludes halogenated alkanes) is 24. The second kappa shape index (κ2) is 54.4. The normalized spacial score (nSPS) is 12.9. The van der Waals surface area contributed by atoms with Gasteiger partial charge in [-0.1, -0.05) is 209 Å². The van der Waals surface area contributed by atoms with Gasteiger partial charge in [0.25, 0.3) is 0 Å². The minimum absolute atomic E-state index is 0.0620. The average molecular weight is 891 g/mol. The second-order valence-electron chi connectivity index (χ2n) is 17.7. The lowest BCUT2D eigenvalue weighted by Gasteiger charge is -2.18. The van der Waals surface area contributed by atoms with Gasteiger partial charge >= 0.3 is 11.9 Å². The third-order valence-electron chi connectivity index (χ3n) is 11.4. The van der Waals surface area contributed by atoms with E-state index in [1.807, 2.05) is 0 Å². The topological polar surface area (TPSA) is 61.8 Å². The molecule has 1 unspecified atom stereocenters. The smallest absolute Gasteiger partial charge is 0.306 e. The summed E-state index contributed by atoms with van der Waals surface area (Å²) in [7, 11) is 0. The van der Waals surface area contributed by atoms with Gasteiger partial charge in [0.05, 0.1) is 6.61 Å². The van der Waals surface area contributed by atoms with E-state index >= 15 is 0 Å². The van der Waals surface area contributed by atoms with Crippen molar-refractivity contribution in [3.63, 3.8) is 0 Å². The third-order valence-corrected chi connectivity index (χ3v) is 11.4. The van der Waals surface area contributed by atoms with Crippen molar-refractivity contribution in [2.45, 2.75) is 258 Å². The Morgan fingerprint density at radius 3 is 1.14 bits per heavy atom. The monoisotopic (exact) mass is 891 g/mol. The van der Waals surface area contributed by atoms with Crippen LogP contribution in [-0.2, 0) is 23.8 Å². The van der Waals surface area contributed by atoms with Crippen LogP contribution in [0.1, 0.15) is 252 Å². The van der Waals surface area contributed by atoms with Crippen LogP contribution in [0.25, 0.3) is 0 Å². The van der Waals surface area contributed by atoms with E-state index in [-0.39, 0.29) is 25.2 Å². The van der Waals surface area contributed by atoms with E-state index in [0.29, 0.717) is 19.4 Å². The zero-order valence-corrected chi connectivity index (χ0v) is 42.3. The average Bonchev–Trinajstić information content (AvgIpc) is 3.30. The van der Waals surface area contributed by atoms with Crippen molar-refractivity contribution >= 4 is 11.9 Å². The summed E-state index contributed by atoms with van der Waals surface area (Å²) < 4.78 is 17.4. The van der Waals surface area contributed by atoms with Crippen molar-refractivity contribution in [1.29, 1.82) is 0 Å². The van der Waals surface area contributed by atoms with E-state index in [2.05, 4.69) is 106 Å². The molecule has 0 radical (unpaired) electrons. The molecule has 64 heavy (non-hydrogen) atoms. The molecule has 368 valence electrons. The zero-order chi connectivity index (χ0) is 46.3. The minimum Gasteiger partial charge on any atom is -0.462 e. The molecule has 0 saturated heterocycles. The van der Waals surface area contributed by atoms with Crippen LogP contribution < -0.4 is 0 Å². The summed E-state index contributed by atoms with van der Waals surface area (Å²) in [5.74, 6) is -0.447. The van der Waals surface area contributed by atoms with Gasteiger partial charge in [0.1, 0.15) is 6.61 Å². The molecule has 0 spiro atoms. The van der Waals surface area contributed by atoms with Crippen molar-refractivity contribution in [2.24, 2.45) is 0 Å². The first-order chi connectivity index (χ1) is 31.6. The van der Waals surface area contributed by atoms with Gasteiger partial charge in [-0.15, -0.1) is 0 Å². The van der Waals surface area contributed by atoms with Crippen molar-refractivity contribution in [3.05, 3.63) is 85.1 Å². The Labute approximate surface area is 397 Å². The van der Waals surface area contributed by atoms with Crippen LogP contribution in [-0.4, -0.2) is 37.9 Å². The van der Waals surface area contributed by atoms with E-state index in [0.717, 1.165) is 96.3 Å². The van der Waals surface area contributed by atoms with Gasteiger partial charge in [-0.2, -0.15) is 0 Å². The second-order valence-corrected chi connectivity index (χ2v) is 17.7. The molecule has 0 aromatic carbocycles. The first kappa shape index (κ1) is 61.1. The fraction of sp³-hybridized carbons (Fsp3) is 0.729. The lowest BCUT2D eigenvalue weighted by Crippen LogP contribution is -2.30. The summed E-state index contributed by atoms with van der Waals surface area (Å²) in [4.78, 5) is 25.4. The maximum atomic E-state index is 12.8. The first-order valence-electron chi connectivity index (χ1n) is 27.1. The van der Waals surface area contributed by atoms with Crippen LogP contribution >= 0.6 is 0 Å². The highest BCUT2D eigenvalue weighted by Crippen LogP contribution is 2.14. The van der Waals surface area contributed by atoms with Gasteiger partial charge in [-0.25, -0.2) is 0 Å². The predicted molar refractivity (Wildman–Crippen MR) is 279 cm³/mol. The molecule has 0 heterocycles. The molecular weight excluding hydrogens is 789 g/mol. The van der Waals surface area contributed by atoms with Gasteiger partial charge in [-0.3, -0.25) is 9.59 Å². The highest BCUT2D eigenvalue weighted by Gasteiger charge is 2.17. The summed E-state index contributed by atoms with van der Waals surface area (Å²) in [6.45, 7) is 7.62. The molecule has 0 amide bonds. The number of allylic oxidation sites excluding steroid dienone is 14. The van der Waals surface area contributed by atoms with Crippen LogP contribution in [0.15, 0.2) is 85.1 Å². The highest BCUT2D eigenvalue weighted by molar-refractivity contribution is 5.70. The lowest BCUT2D eigenvalue weighted by atomic mass is 10.1. The van der Waals surface area contributed by atoms with Crippen molar-refractivity contribution in [3.8, 4) is 0 Å². The first-order valence-corrected chi connectivity index (χ1v) is 27.1. The van der Waals surface area contributed by atoms with Crippen LogP contribution in [0.5, 0.6) is 0 Å². The van der Waals surface area contributed by atoms with Crippen molar-refractivity contribution in [2.75, 3.05) is 19.8 Å². The number of carbonyl (C=O) groups is 2. The molecule has 0 N–H and O–H groups in total. The van der Waals surface area contributed by atoms with Crippen LogP contribution in [0.3, 0.4) is 0 Å². The molecule has 0 aliphatic heterocycles. The van der Waals surface area contributed by atoms with Gasteiger partial charge in [-0.05, 0) is 116 Å². The predicted octanol–water partition coefficient (Wildman–Crippen LogP) is 18.5. The Morgan fingerprint density at radius 2 is 0.703 bits per heavy atom. The Balaban J connectivity index is 4.30. The van der Waals surface area contributed by atoms with Crippen LogP contribution in [0, 0.1) is 0 Å². The number of esters is 2. The number of rotatable bonds is 49. The number of hydrogen-bond donors (Lipinski definition) is 0. The Bertz CT molecular complexity index is 1190. The molecule has 0 aromatic rings. The quantitative estimate of drug-likeness (QED) is 0.0346. The van der Waals surface area contributed by atoms with Gasteiger partial charge in [0, 0.05) is 19.4 Å². The molecule has 0 fully saturated rings. The molecule has 0 bridgehead atoms. The molecule has 5 heteroatoms. The molecule has 0 rings (SSSR count). The third kappa shape index (κ3) is 51.7. The van der Waals surface area contributed by atoms with E-state index in [4.69, 9.17) is 14.2 Å². The van der Waals surface area contributed by atoms with E-state index in [9.17, 15) is 9.59 Å². The van der Waals surface area contributed by atoms with Gasteiger partial charge < -0.3 is 14.2 Å². The summed E-state index contributed by atoms with van der Waals surface area (Å²) >= 11 is 0. The molecule has 0 aliphatic carbocycles.